The zero-order chi connectivity index (χ0) is 28.2. The van der Waals surface area contributed by atoms with Gasteiger partial charge in [-0.25, -0.2) is 13.8 Å². The SMILES string of the molecule is CN1CCC(NC(=O)c2cnc3ccc(CNC(=O)c4cncn(Cc5ccc(F)c(F)c5)c4=O)cc3c2)CC1. The van der Waals surface area contributed by atoms with E-state index < -0.39 is 23.1 Å². The highest BCUT2D eigenvalue weighted by Gasteiger charge is 2.19. The summed E-state index contributed by atoms with van der Waals surface area (Å²) in [7, 11) is 2.07. The summed E-state index contributed by atoms with van der Waals surface area (Å²) in [5.41, 5.74) is 1.48. The molecular formula is C29H28F2N6O3. The minimum Gasteiger partial charge on any atom is -0.349 e. The Morgan fingerprint density at radius 2 is 1.75 bits per heavy atom. The van der Waals surface area contributed by atoms with Gasteiger partial charge in [-0.2, -0.15) is 0 Å². The van der Waals surface area contributed by atoms with E-state index in [0.29, 0.717) is 16.6 Å². The first kappa shape index (κ1) is 27.1. The predicted molar refractivity (Wildman–Crippen MR) is 145 cm³/mol. The van der Waals surface area contributed by atoms with Crippen molar-refractivity contribution in [3.05, 3.63) is 105 Å². The summed E-state index contributed by atoms with van der Waals surface area (Å²) in [6, 6.07) is 10.7. The molecule has 2 amide bonds. The summed E-state index contributed by atoms with van der Waals surface area (Å²) in [5.74, 6) is -2.80. The van der Waals surface area contributed by atoms with Gasteiger partial charge in [0, 0.05) is 30.4 Å². The van der Waals surface area contributed by atoms with Crippen LogP contribution in [0.2, 0.25) is 0 Å². The smallest absolute Gasteiger partial charge is 0.266 e. The molecule has 5 rings (SSSR count). The number of benzene rings is 2. The lowest BCUT2D eigenvalue weighted by atomic mass is 10.0. The maximum atomic E-state index is 13.6. The van der Waals surface area contributed by atoms with Crippen LogP contribution in [0.1, 0.15) is 44.7 Å². The van der Waals surface area contributed by atoms with Gasteiger partial charge in [0.15, 0.2) is 11.6 Å². The number of hydrogen-bond donors (Lipinski definition) is 2. The fourth-order valence-electron chi connectivity index (χ4n) is 4.67. The molecule has 0 atom stereocenters. The summed E-state index contributed by atoms with van der Waals surface area (Å²) in [6.07, 6.45) is 5.76. The topological polar surface area (TPSA) is 109 Å². The van der Waals surface area contributed by atoms with E-state index in [1.807, 2.05) is 6.07 Å². The molecule has 3 heterocycles. The largest absolute Gasteiger partial charge is 0.349 e. The van der Waals surface area contributed by atoms with E-state index in [4.69, 9.17) is 0 Å². The van der Waals surface area contributed by atoms with Crippen LogP contribution in [0, 0.1) is 11.6 Å². The third-order valence-corrected chi connectivity index (χ3v) is 7.00. The van der Waals surface area contributed by atoms with Gasteiger partial charge >= 0.3 is 0 Å². The maximum Gasteiger partial charge on any atom is 0.266 e. The molecule has 0 spiro atoms. The van der Waals surface area contributed by atoms with Gasteiger partial charge in [-0.05, 0) is 74.4 Å². The molecule has 1 saturated heterocycles. The van der Waals surface area contributed by atoms with E-state index in [-0.39, 0.29) is 30.6 Å². The number of aromatic nitrogens is 3. The lowest BCUT2D eigenvalue weighted by Gasteiger charge is -2.29. The monoisotopic (exact) mass is 546 g/mol. The molecule has 1 aliphatic rings. The zero-order valence-electron chi connectivity index (χ0n) is 21.9. The van der Waals surface area contributed by atoms with Crippen molar-refractivity contribution in [1.29, 1.82) is 0 Å². The summed E-state index contributed by atoms with van der Waals surface area (Å²) >= 11 is 0. The number of pyridine rings is 1. The Balaban J connectivity index is 1.25. The molecule has 40 heavy (non-hydrogen) atoms. The Morgan fingerprint density at radius 3 is 2.52 bits per heavy atom. The quantitative estimate of drug-likeness (QED) is 0.369. The number of likely N-dealkylation sites (tertiary alicyclic amines) is 1. The van der Waals surface area contributed by atoms with Crippen molar-refractivity contribution in [3.8, 4) is 0 Å². The molecule has 2 aromatic heterocycles. The van der Waals surface area contributed by atoms with Gasteiger partial charge in [0.25, 0.3) is 17.4 Å². The fourth-order valence-corrected chi connectivity index (χ4v) is 4.67. The van der Waals surface area contributed by atoms with Gasteiger partial charge in [0.2, 0.25) is 0 Å². The van der Waals surface area contributed by atoms with Gasteiger partial charge in [-0.15, -0.1) is 0 Å². The van der Waals surface area contributed by atoms with Crippen LogP contribution in [-0.4, -0.2) is 57.4 Å². The minimum absolute atomic E-state index is 0.0739. The Bertz CT molecular complexity index is 1630. The molecule has 0 bridgehead atoms. The van der Waals surface area contributed by atoms with Crippen LogP contribution in [0.4, 0.5) is 8.78 Å². The van der Waals surface area contributed by atoms with Crippen LogP contribution in [0.5, 0.6) is 0 Å². The van der Waals surface area contributed by atoms with E-state index in [1.165, 1.54) is 18.6 Å². The molecule has 2 N–H and O–H groups in total. The highest BCUT2D eigenvalue weighted by molar-refractivity contribution is 5.97. The molecule has 11 heteroatoms. The molecule has 0 saturated carbocycles. The Morgan fingerprint density at radius 1 is 0.975 bits per heavy atom. The normalized spacial score (nSPS) is 14.3. The molecule has 9 nitrogen and oxygen atoms in total. The first-order valence-corrected chi connectivity index (χ1v) is 12.9. The van der Waals surface area contributed by atoms with Crippen molar-refractivity contribution in [3.63, 3.8) is 0 Å². The molecule has 4 aromatic rings. The molecule has 1 aliphatic heterocycles. The van der Waals surface area contributed by atoms with Gasteiger partial charge < -0.3 is 15.5 Å². The average Bonchev–Trinajstić information content (AvgIpc) is 2.95. The van der Waals surface area contributed by atoms with Crippen molar-refractivity contribution >= 4 is 22.7 Å². The lowest BCUT2D eigenvalue weighted by Crippen LogP contribution is -2.43. The number of amides is 2. The number of halogens is 2. The van der Waals surface area contributed by atoms with E-state index in [0.717, 1.165) is 53.6 Å². The molecule has 0 unspecified atom stereocenters. The number of nitrogens with one attached hydrogen (secondary N) is 2. The second kappa shape index (κ2) is 11.7. The van der Waals surface area contributed by atoms with Crippen LogP contribution in [0.3, 0.4) is 0 Å². The molecule has 0 radical (unpaired) electrons. The van der Waals surface area contributed by atoms with Gasteiger partial charge in [-0.1, -0.05) is 12.1 Å². The number of carbonyl (C=O) groups is 2. The first-order valence-electron chi connectivity index (χ1n) is 12.9. The van der Waals surface area contributed by atoms with Crippen molar-refractivity contribution in [2.24, 2.45) is 0 Å². The van der Waals surface area contributed by atoms with Gasteiger partial charge in [0.05, 0.1) is 24.0 Å². The number of rotatable bonds is 7. The highest BCUT2D eigenvalue weighted by Crippen LogP contribution is 2.17. The van der Waals surface area contributed by atoms with Crippen LogP contribution < -0.4 is 16.2 Å². The van der Waals surface area contributed by atoms with Crippen LogP contribution >= 0.6 is 0 Å². The van der Waals surface area contributed by atoms with Gasteiger partial charge in [0.1, 0.15) is 5.56 Å². The number of hydrogen-bond acceptors (Lipinski definition) is 6. The summed E-state index contributed by atoms with van der Waals surface area (Å²) in [6.45, 7) is 1.93. The Labute approximate surface area is 228 Å². The standard InChI is InChI=1S/C29H28F2N6O3/c1-36-8-6-22(7-9-36)35-27(38)21-12-20-10-18(3-5-26(20)33-14-21)13-34-28(39)23-15-32-17-37(29(23)40)16-19-2-4-24(30)25(31)11-19/h2-5,10-12,14-15,17,22H,6-9,13,16H2,1H3,(H,34,39)(H,35,38). The number of fused-ring (bicyclic) bond motifs is 1. The van der Waals surface area contributed by atoms with Crippen molar-refractivity contribution in [1.82, 2.24) is 30.1 Å². The molecular weight excluding hydrogens is 518 g/mol. The predicted octanol–water partition coefficient (Wildman–Crippen LogP) is 2.87. The fraction of sp³-hybridized carbons (Fsp3) is 0.276. The molecule has 2 aromatic carbocycles. The van der Waals surface area contributed by atoms with E-state index in [9.17, 15) is 23.2 Å². The molecule has 1 fully saturated rings. The van der Waals surface area contributed by atoms with Crippen LogP contribution in [0.15, 0.2) is 66.0 Å². The third-order valence-electron chi connectivity index (χ3n) is 7.00. The average molecular weight is 547 g/mol. The van der Waals surface area contributed by atoms with Crippen molar-refractivity contribution in [2.75, 3.05) is 20.1 Å². The third kappa shape index (κ3) is 6.20. The molecule has 0 aliphatic carbocycles. The Hall–Kier alpha value is -4.51. The Kier molecular flexibility index (Phi) is 7.92. The second-order valence-electron chi connectivity index (χ2n) is 9.97. The lowest BCUT2D eigenvalue weighted by molar-refractivity contribution is 0.0914. The number of carbonyl (C=O) groups excluding carboxylic acids is 2. The summed E-state index contributed by atoms with van der Waals surface area (Å²) in [5, 5.41) is 6.55. The van der Waals surface area contributed by atoms with E-state index in [1.54, 1.807) is 24.4 Å². The van der Waals surface area contributed by atoms with Crippen LogP contribution in [-0.2, 0) is 13.1 Å². The summed E-state index contributed by atoms with van der Waals surface area (Å²) in [4.78, 5) is 49.1. The van der Waals surface area contributed by atoms with Crippen molar-refractivity contribution in [2.45, 2.75) is 32.0 Å². The maximum absolute atomic E-state index is 13.6. The number of nitrogens with zero attached hydrogens (tertiary/aromatic N) is 4. The molecule has 206 valence electrons. The minimum atomic E-state index is -1.03. The van der Waals surface area contributed by atoms with Crippen LogP contribution in [0.25, 0.3) is 10.9 Å². The number of piperidine rings is 1. The highest BCUT2D eigenvalue weighted by atomic mass is 19.2. The zero-order valence-corrected chi connectivity index (χ0v) is 21.9. The van der Waals surface area contributed by atoms with E-state index >= 15 is 0 Å². The van der Waals surface area contributed by atoms with Crippen molar-refractivity contribution < 1.29 is 18.4 Å². The van der Waals surface area contributed by atoms with Gasteiger partial charge in [-0.3, -0.25) is 23.9 Å². The summed E-state index contributed by atoms with van der Waals surface area (Å²) < 4.78 is 27.9. The second-order valence-corrected chi connectivity index (χ2v) is 9.97. The van der Waals surface area contributed by atoms with E-state index in [2.05, 4.69) is 32.5 Å². The first-order chi connectivity index (χ1) is 19.3.